The predicted octanol–water partition coefficient (Wildman–Crippen LogP) is 2.77. The lowest BCUT2D eigenvalue weighted by atomic mass is 9.98. The fourth-order valence-corrected chi connectivity index (χ4v) is 2.70. The van der Waals surface area contributed by atoms with Crippen LogP contribution in [-0.4, -0.2) is 31.6 Å². The van der Waals surface area contributed by atoms with E-state index in [1.807, 2.05) is 18.2 Å². The molecule has 1 aromatic rings. The molecule has 0 radical (unpaired) electrons. The zero-order chi connectivity index (χ0) is 12.1. The molecular weight excluding hydrogens is 232 g/mol. The summed E-state index contributed by atoms with van der Waals surface area (Å²) in [7, 11) is 2.21. The quantitative estimate of drug-likeness (QED) is 0.887. The molecule has 0 amide bonds. The molecule has 1 fully saturated rings. The number of benzene rings is 1. The van der Waals surface area contributed by atoms with Gasteiger partial charge >= 0.3 is 0 Å². The van der Waals surface area contributed by atoms with Crippen LogP contribution in [0.1, 0.15) is 18.4 Å². The van der Waals surface area contributed by atoms with E-state index < -0.39 is 0 Å². The van der Waals surface area contributed by atoms with Crippen molar-refractivity contribution in [3.05, 3.63) is 34.9 Å². The summed E-state index contributed by atoms with van der Waals surface area (Å²) in [6, 6.07) is 8.05. The lowest BCUT2D eigenvalue weighted by Gasteiger charge is -2.29. The summed E-state index contributed by atoms with van der Waals surface area (Å²) < 4.78 is 0. The van der Waals surface area contributed by atoms with Crippen molar-refractivity contribution in [3.63, 3.8) is 0 Å². The van der Waals surface area contributed by atoms with Crippen LogP contribution in [0.25, 0.3) is 0 Å². The second-order valence-corrected chi connectivity index (χ2v) is 5.40. The fraction of sp³-hybridized carbons (Fsp3) is 0.571. The molecule has 0 bridgehead atoms. The first-order valence-corrected chi connectivity index (χ1v) is 6.76. The van der Waals surface area contributed by atoms with Crippen LogP contribution in [0.5, 0.6) is 0 Å². The molecule has 2 rings (SSSR count). The number of piperidine rings is 1. The van der Waals surface area contributed by atoms with Gasteiger partial charge in [-0.1, -0.05) is 29.8 Å². The van der Waals surface area contributed by atoms with Gasteiger partial charge in [0.25, 0.3) is 0 Å². The Kier molecular flexibility index (Phi) is 4.84. The van der Waals surface area contributed by atoms with Gasteiger partial charge in [-0.05, 0) is 50.5 Å². The van der Waals surface area contributed by atoms with Gasteiger partial charge in [-0.15, -0.1) is 0 Å². The number of halogens is 1. The molecule has 17 heavy (non-hydrogen) atoms. The monoisotopic (exact) mass is 252 g/mol. The Morgan fingerprint density at radius 3 is 3.00 bits per heavy atom. The Balaban J connectivity index is 1.74. The minimum Gasteiger partial charge on any atom is -0.312 e. The molecule has 1 aliphatic rings. The van der Waals surface area contributed by atoms with Gasteiger partial charge in [-0.3, -0.25) is 0 Å². The van der Waals surface area contributed by atoms with Gasteiger partial charge in [0.05, 0.1) is 0 Å². The third-order valence-corrected chi connectivity index (χ3v) is 3.80. The van der Waals surface area contributed by atoms with Gasteiger partial charge in [0.2, 0.25) is 0 Å². The van der Waals surface area contributed by atoms with Crippen LogP contribution >= 0.6 is 11.6 Å². The third-order valence-electron chi connectivity index (χ3n) is 3.43. The molecule has 0 saturated carbocycles. The average Bonchev–Trinajstić information content (AvgIpc) is 2.32. The van der Waals surface area contributed by atoms with Crippen LogP contribution in [0.2, 0.25) is 5.02 Å². The Hall–Kier alpha value is -0.570. The number of hydrogen-bond donors (Lipinski definition) is 1. The van der Waals surface area contributed by atoms with Gasteiger partial charge in [0.15, 0.2) is 0 Å². The van der Waals surface area contributed by atoms with E-state index in [0.717, 1.165) is 24.0 Å². The topological polar surface area (TPSA) is 15.3 Å². The zero-order valence-corrected chi connectivity index (χ0v) is 11.2. The van der Waals surface area contributed by atoms with Crippen LogP contribution in [0.3, 0.4) is 0 Å². The van der Waals surface area contributed by atoms with E-state index in [-0.39, 0.29) is 0 Å². The predicted molar refractivity (Wildman–Crippen MR) is 73.4 cm³/mol. The van der Waals surface area contributed by atoms with Crippen molar-refractivity contribution in [3.8, 4) is 0 Å². The van der Waals surface area contributed by atoms with E-state index in [1.54, 1.807) is 0 Å². The molecule has 1 aliphatic heterocycles. The summed E-state index contributed by atoms with van der Waals surface area (Å²) in [5.41, 5.74) is 1.19. The molecule has 1 aromatic carbocycles. The Morgan fingerprint density at radius 1 is 1.41 bits per heavy atom. The smallest absolute Gasteiger partial charge is 0.0450 e. The lowest BCUT2D eigenvalue weighted by Crippen LogP contribution is -2.37. The average molecular weight is 253 g/mol. The maximum atomic E-state index is 6.12. The van der Waals surface area contributed by atoms with Crippen molar-refractivity contribution < 1.29 is 0 Å². The molecule has 94 valence electrons. The molecule has 1 heterocycles. The highest BCUT2D eigenvalue weighted by atomic mass is 35.5. The van der Waals surface area contributed by atoms with Gasteiger partial charge in [0, 0.05) is 18.1 Å². The molecule has 2 nitrogen and oxygen atoms in total. The minimum absolute atomic E-state index is 0.788. The van der Waals surface area contributed by atoms with Crippen LogP contribution in [0, 0.1) is 5.92 Å². The Morgan fingerprint density at radius 2 is 2.24 bits per heavy atom. The van der Waals surface area contributed by atoms with E-state index in [4.69, 9.17) is 11.6 Å². The second kappa shape index (κ2) is 6.39. The highest BCUT2D eigenvalue weighted by Crippen LogP contribution is 2.16. The Bertz CT molecular complexity index is 354. The fourth-order valence-electron chi connectivity index (χ4n) is 2.49. The van der Waals surface area contributed by atoms with Crippen LogP contribution in [-0.2, 0) is 6.54 Å². The number of hydrogen-bond acceptors (Lipinski definition) is 2. The Labute approximate surface area is 109 Å². The number of likely N-dealkylation sites (tertiary alicyclic amines) is 1. The summed E-state index contributed by atoms with van der Waals surface area (Å²) >= 11 is 6.12. The van der Waals surface area contributed by atoms with E-state index in [9.17, 15) is 0 Å². The molecule has 1 N–H and O–H groups in total. The van der Waals surface area contributed by atoms with Gasteiger partial charge < -0.3 is 10.2 Å². The van der Waals surface area contributed by atoms with Gasteiger partial charge in [-0.25, -0.2) is 0 Å². The van der Waals surface area contributed by atoms with Crippen molar-refractivity contribution in [1.29, 1.82) is 0 Å². The molecule has 0 aliphatic carbocycles. The highest BCUT2D eigenvalue weighted by Gasteiger charge is 2.16. The first-order chi connectivity index (χ1) is 8.25. The second-order valence-electron chi connectivity index (χ2n) is 4.99. The third kappa shape index (κ3) is 3.98. The van der Waals surface area contributed by atoms with Gasteiger partial charge in [-0.2, -0.15) is 0 Å². The first kappa shape index (κ1) is 12.9. The van der Waals surface area contributed by atoms with Crippen molar-refractivity contribution in [2.45, 2.75) is 19.4 Å². The number of rotatable bonds is 4. The summed E-state index contributed by atoms with van der Waals surface area (Å²) in [5.74, 6) is 0.788. The molecular formula is C14H21ClN2. The van der Waals surface area contributed by atoms with E-state index in [0.29, 0.717) is 0 Å². The molecule has 1 saturated heterocycles. The standard InChI is InChI=1S/C14H21ClN2/c1-17-8-4-5-12(11-17)9-16-10-13-6-2-3-7-14(13)15/h2-3,6-7,12,16H,4-5,8-11H2,1H3. The molecule has 0 spiro atoms. The van der Waals surface area contributed by atoms with E-state index in [2.05, 4.69) is 23.3 Å². The number of nitrogens with zero attached hydrogens (tertiary/aromatic N) is 1. The lowest BCUT2D eigenvalue weighted by molar-refractivity contribution is 0.206. The summed E-state index contributed by atoms with van der Waals surface area (Å²) in [6.45, 7) is 4.44. The molecule has 0 aromatic heterocycles. The normalized spacial score (nSPS) is 21.6. The van der Waals surface area contributed by atoms with Crippen LogP contribution in [0.15, 0.2) is 24.3 Å². The minimum atomic E-state index is 0.788. The van der Waals surface area contributed by atoms with Crippen molar-refractivity contribution in [2.24, 2.45) is 5.92 Å². The molecule has 3 heteroatoms. The molecule has 1 atom stereocenters. The number of nitrogens with one attached hydrogen (secondary N) is 1. The van der Waals surface area contributed by atoms with Crippen LogP contribution in [0.4, 0.5) is 0 Å². The zero-order valence-electron chi connectivity index (χ0n) is 10.5. The largest absolute Gasteiger partial charge is 0.312 e. The van der Waals surface area contributed by atoms with Crippen LogP contribution < -0.4 is 5.32 Å². The summed E-state index contributed by atoms with van der Waals surface area (Å²) in [6.07, 6.45) is 2.68. The maximum absolute atomic E-state index is 6.12. The highest BCUT2D eigenvalue weighted by molar-refractivity contribution is 6.31. The van der Waals surface area contributed by atoms with E-state index in [1.165, 1.54) is 31.5 Å². The first-order valence-electron chi connectivity index (χ1n) is 6.38. The van der Waals surface area contributed by atoms with Gasteiger partial charge in [0.1, 0.15) is 0 Å². The molecule has 1 unspecified atom stereocenters. The maximum Gasteiger partial charge on any atom is 0.0450 e. The summed E-state index contributed by atoms with van der Waals surface area (Å²) in [5, 5.41) is 4.38. The van der Waals surface area contributed by atoms with E-state index >= 15 is 0 Å². The van der Waals surface area contributed by atoms with Crippen molar-refractivity contribution in [2.75, 3.05) is 26.7 Å². The SMILES string of the molecule is CN1CCCC(CNCc2ccccc2Cl)C1. The van der Waals surface area contributed by atoms with Crippen molar-refractivity contribution in [1.82, 2.24) is 10.2 Å². The summed E-state index contributed by atoms with van der Waals surface area (Å²) in [4.78, 5) is 2.42. The van der Waals surface area contributed by atoms with Crippen molar-refractivity contribution >= 4 is 11.6 Å².